The van der Waals surface area contributed by atoms with Gasteiger partial charge in [0.1, 0.15) is 5.75 Å². The number of benzene rings is 1. The zero-order chi connectivity index (χ0) is 16.9. The molecular formula is C19H27N3O2. The monoisotopic (exact) mass is 329 g/mol. The molecule has 5 heteroatoms. The predicted molar refractivity (Wildman–Crippen MR) is 95.6 cm³/mol. The normalized spacial score (nSPS) is 21.1. The van der Waals surface area contributed by atoms with Crippen molar-refractivity contribution in [1.29, 1.82) is 0 Å². The van der Waals surface area contributed by atoms with Crippen LogP contribution >= 0.6 is 0 Å². The number of amides is 2. The highest BCUT2D eigenvalue weighted by Gasteiger charge is 2.31. The minimum Gasteiger partial charge on any atom is -0.497 e. The molecule has 0 aromatic heterocycles. The van der Waals surface area contributed by atoms with Crippen molar-refractivity contribution in [1.82, 2.24) is 9.80 Å². The smallest absolute Gasteiger partial charge is 0.325 e. The van der Waals surface area contributed by atoms with Crippen LogP contribution in [0.2, 0.25) is 0 Å². The highest BCUT2D eigenvalue weighted by atomic mass is 16.5. The molecule has 0 spiro atoms. The van der Waals surface area contributed by atoms with Crippen molar-refractivity contribution in [2.75, 3.05) is 20.2 Å². The highest BCUT2D eigenvalue weighted by Crippen LogP contribution is 2.28. The molecule has 1 aliphatic carbocycles. The number of methoxy groups -OCH3 is 1. The molecule has 1 heterocycles. The minimum absolute atomic E-state index is 0.00545. The lowest BCUT2D eigenvalue weighted by atomic mass is 9.94. The van der Waals surface area contributed by atoms with Crippen molar-refractivity contribution in [3.05, 3.63) is 29.8 Å². The van der Waals surface area contributed by atoms with Gasteiger partial charge in [-0.25, -0.2) is 4.79 Å². The van der Waals surface area contributed by atoms with Gasteiger partial charge in [0.2, 0.25) is 0 Å². The minimum atomic E-state index is -0.00545. The van der Waals surface area contributed by atoms with Gasteiger partial charge in [-0.1, -0.05) is 31.4 Å². The van der Waals surface area contributed by atoms with Gasteiger partial charge in [-0.15, -0.1) is 0 Å². The summed E-state index contributed by atoms with van der Waals surface area (Å²) in [4.78, 5) is 21.2. The van der Waals surface area contributed by atoms with Crippen LogP contribution in [0, 0.1) is 0 Å². The van der Waals surface area contributed by atoms with E-state index in [2.05, 4.69) is 11.9 Å². The van der Waals surface area contributed by atoms with Gasteiger partial charge in [-0.3, -0.25) is 9.89 Å². The van der Waals surface area contributed by atoms with Gasteiger partial charge in [-0.2, -0.15) is 0 Å². The number of hydrogen-bond donors (Lipinski definition) is 0. The standard InChI is InChI=1S/C19H27N3O2/c1-3-22(16-9-5-4-6-10-16)19(23)21-13-18(20-14-21)15-8-7-11-17(12-15)24-2/h7-8,11-12,14,16,18H,3-6,9-10,13H2,1-2H3. The van der Waals surface area contributed by atoms with Crippen LogP contribution in [0.5, 0.6) is 5.75 Å². The largest absolute Gasteiger partial charge is 0.497 e. The lowest BCUT2D eigenvalue weighted by Crippen LogP contribution is -2.47. The molecule has 24 heavy (non-hydrogen) atoms. The second-order valence-electron chi connectivity index (χ2n) is 6.57. The van der Waals surface area contributed by atoms with Crippen molar-refractivity contribution in [3.63, 3.8) is 0 Å². The quantitative estimate of drug-likeness (QED) is 0.842. The summed E-state index contributed by atoms with van der Waals surface area (Å²) in [5.41, 5.74) is 1.08. The molecule has 3 rings (SSSR count). The fourth-order valence-corrected chi connectivity index (χ4v) is 3.72. The Labute approximate surface area is 144 Å². The van der Waals surface area contributed by atoms with Gasteiger partial charge in [-0.05, 0) is 37.5 Å². The molecule has 1 aromatic rings. The molecule has 2 amide bonds. The number of urea groups is 1. The van der Waals surface area contributed by atoms with Gasteiger partial charge in [0, 0.05) is 12.6 Å². The van der Waals surface area contributed by atoms with Crippen LogP contribution in [0.15, 0.2) is 29.3 Å². The summed E-state index contributed by atoms with van der Waals surface area (Å²) in [7, 11) is 1.66. The fourth-order valence-electron chi connectivity index (χ4n) is 3.72. The van der Waals surface area contributed by atoms with E-state index in [1.807, 2.05) is 29.2 Å². The summed E-state index contributed by atoms with van der Waals surface area (Å²) in [6.07, 6.45) is 7.72. The third-order valence-corrected chi connectivity index (χ3v) is 5.08. The summed E-state index contributed by atoms with van der Waals surface area (Å²) in [6.45, 7) is 3.44. The number of carbonyl (C=O) groups excluding carboxylic acids is 1. The topological polar surface area (TPSA) is 45.1 Å². The molecule has 0 N–H and O–H groups in total. The summed E-state index contributed by atoms with van der Waals surface area (Å²) in [6, 6.07) is 8.40. The first-order valence-electron chi connectivity index (χ1n) is 8.97. The average molecular weight is 329 g/mol. The van der Waals surface area contributed by atoms with Crippen molar-refractivity contribution in [2.45, 2.75) is 51.1 Å². The van der Waals surface area contributed by atoms with E-state index in [0.29, 0.717) is 12.6 Å². The van der Waals surface area contributed by atoms with E-state index in [0.717, 1.165) is 30.7 Å². The maximum atomic E-state index is 12.9. The molecule has 1 aromatic carbocycles. The van der Waals surface area contributed by atoms with Gasteiger partial charge in [0.25, 0.3) is 0 Å². The lowest BCUT2D eigenvalue weighted by Gasteiger charge is -2.35. The number of hydrogen-bond acceptors (Lipinski definition) is 3. The number of aliphatic imine (C=N–C) groups is 1. The van der Waals surface area contributed by atoms with Crippen LogP contribution in [0.4, 0.5) is 4.79 Å². The number of ether oxygens (including phenoxy) is 1. The van der Waals surface area contributed by atoms with Crippen molar-refractivity contribution >= 4 is 12.4 Å². The Balaban J connectivity index is 1.65. The Morgan fingerprint density at radius 1 is 1.33 bits per heavy atom. The van der Waals surface area contributed by atoms with Crippen LogP contribution in [0.1, 0.15) is 50.6 Å². The van der Waals surface area contributed by atoms with E-state index in [9.17, 15) is 4.79 Å². The third-order valence-electron chi connectivity index (χ3n) is 5.08. The van der Waals surface area contributed by atoms with Crippen molar-refractivity contribution in [3.8, 4) is 5.75 Å². The molecule has 1 atom stereocenters. The maximum Gasteiger partial charge on any atom is 0.325 e. The van der Waals surface area contributed by atoms with Crippen LogP contribution < -0.4 is 4.74 Å². The Kier molecular flexibility index (Phi) is 5.38. The molecule has 1 saturated carbocycles. The van der Waals surface area contributed by atoms with E-state index in [1.165, 1.54) is 19.3 Å². The Morgan fingerprint density at radius 2 is 2.12 bits per heavy atom. The van der Waals surface area contributed by atoms with E-state index in [4.69, 9.17) is 4.74 Å². The Bertz CT molecular complexity index is 596. The number of rotatable bonds is 4. The molecule has 1 fully saturated rings. The van der Waals surface area contributed by atoms with Crippen LogP contribution in [0.3, 0.4) is 0 Å². The van der Waals surface area contributed by atoms with Crippen molar-refractivity contribution < 1.29 is 9.53 Å². The molecule has 0 saturated heterocycles. The summed E-state index contributed by atoms with van der Waals surface area (Å²) < 4.78 is 5.28. The molecule has 1 unspecified atom stereocenters. The number of nitrogens with zero attached hydrogens (tertiary/aromatic N) is 3. The lowest BCUT2D eigenvalue weighted by molar-refractivity contribution is 0.142. The zero-order valence-electron chi connectivity index (χ0n) is 14.6. The number of carbonyl (C=O) groups is 1. The van der Waals surface area contributed by atoms with Gasteiger partial charge in [0.15, 0.2) is 0 Å². The summed E-state index contributed by atoms with van der Waals surface area (Å²) in [5.74, 6) is 0.824. The van der Waals surface area contributed by atoms with E-state index in [-0.39, 0.29) is 12.1 Å². The highest BCUT2D eigenvalue weighted by molar-refractivity contribution is 5.88. The van der Waals surface area contributed by atoms with Crippen molar-refractivity contribution in [2.24, 2.45) is 4.99 Å². The molecule has 1 aliphatic heterocycles. The SMILES string of the molecule is CCN(C(=O)N1C=NC(c2cccc(OC)c2)C1)C1CCCCC1. The van der Waals surface area contributed by atoms with Gasteiger partial charge < -0.3 is 9.64 Å². The first-order valence-corrected chi connectivity index (χ1v) is 8.97. The third kappa shape index (κ3) is 3.55. The van der Waals surface area contributed by atoms with Crippen LogP contribution in [-0.4, -0.2) is 48.4 Å². The predicted octanol–water partition coefficient (Wildman–Crippen LogP) is 3.85. The van der Waals surface area contributed by atoms with E-state index >= 15 is 0 Å². The molecule has 2 aliphatic rings. The fraction of sp³-hybridized carbons (Fsp3) is 0.579. The van der Waals surface area contributed by atoms with E-state index in [1.54, 1.807) is 18.3 Å². The molecule has 130 valence electrons. The molecule has 5 nitrogen and oxygen atoms in total. The molecule has 0 radical (unpaired) electrons. The Morgan fingerprint density at radius 3 is 2.83 bits per heavy atom. The first-order chi connectivity index (χ1) is 11.7. The van der Waals surface area contributed by atoms with Crippen LogP contribution in [-0.2, 0) is 0 Å². The van der Waals surface area contributed by atoms with Gasteiger partial charge >= 0.3 is 6.03 Å². The Hall–Kier alpha value is -2.04. The van der Waals surface area contributed by atoms with Crippen LogP contribution in [0.25, 0.3) is 0 Å². The average Bonchev–Trinajstić information content (AvgIpc) is 3.13. The second-order valence-corrected chi connectivity index (χ2v) is 6.57. The van der Waals surface area contributed by atoms with Gasteiger partial charge in [0.05, 0.1) is 26.0 Å². The first kappa shape index (κ1) is 16.8. The maximum absolute atomic E-state index is 12.9. The molecular weight excluding hydrogens is 302 g/mol. The molecule has 0 bridgehead atoms. The zero-order valence-corrected chi connectivity index (χ0v) is 14.6. The summed E-state index contributed by atoms with van der Waals surface area (Å²) >= 11 is 0. The summed E-state index contributed by atoms with van der Waals surface area (Å²) in [5, 5.41) is 0. The second kappa shape index (κ2) is 7.69. The van der Waals surface area contributed by atoms with E-state index < -0.39 is 0 Å².